The van der Waals surface area contributed by atoms with Crippen molar-refractivity contribution in [2.45, 2.75) is 25.3 Å². The van der Waals surface area contributed by atoms with Crippen LogP contribution in [-0.4, -0.2) is 38.3 Å². The van der Waals surface area contributed by atoms with Crippen LogP contribution in [0, 0.1) is 6.92 Å². The molecule has 0 aromatic heterocycles. The van der Waals surface area contributed by atoms with E-state index in [0.717, 1.165) is 9.87 Å². The fourth-order valence-corrected chi connectivity index (χ4v) is 4.14. The Balaban J connectivity index is 2.46. The van der Waals surface area contributed by atoms with Gasteiger partial charge < -0.3 is 10.1 Å². The number of benzene rings is 2. The third-order valence-electron chi connectivity index (χ3n) is 3.86. The maximum absolute atomic E-state index is 13.3. The highest BCUT2D eigenvalue weighted by Gasteiger charge is 2.29. The van der Waals surface area contributed by atoms with Crippen molar-refractivity contribution in [1.29, 1.82) is 0 Å². The molecule has 0 saturated carbocycles. The molecule has 0 aliphatic rings. The van der Waals surface area contributed by atoms with Crippen LogP contribution in [0.3, 0.4) is 0 Å². The van der Waals surface area contributed by atoms with Gasteiger partial charge in [0.15, 0.2) is 0 Å². The van der Waals surface area contributed by atoms with E-state index in [0.29, 0.717) is 11.3 Å². The summed E-state index contributed by atoms with van der Waals surface area (Å²) in [6, 6.07) is 13.6. The molecule has 0 unspecified atom stereocenters. The van der Waals surface area contributed by atoms with Crippen LogP contribution in [0.2, 0.25) is 0 Å². The fourth-order valence-electron chi connectivity index (χ4n) is 2.52. The number of aryl methyl sites for hydroxylation is 1. The number of methoxy groups -OCH3 is 1. The number of esters is 1. The Morgan fingerprint density at radius 2 is 1.78 bits per heavy atom. The standard InChI is InChI=1S/C19H22N2O5S/c1-14-9-10-17(20-15(2)22)11-18(14)27(24,25)21(13-19(23)26-3)12-16-7-5-4-6-8-16/h4-11H,12-13H2,1-3H3,(H,20,22). The largest absolute Gasteiger partial charge is 0.468 e. The van der Waals surface area contributed by atoms with E-state index in [1.807, 2.05) is 6.07 Å². The lowest BCUT2D eigenvalue weighted by Crippen LogP contribution is -2.36. The Kier molecular flexibility index (Phi) is 6.70. The van der Waals surface area contributed by atoms with Crippen molar-refractivity contribution < 1.29 is 22.7 Å². The van der Waals surface area contributed by atoms with Crippen LogP contribution in [0.4, 0.5) is 5.69 Å². The first kappa shape index (κ1) is 20.6. The van der Waals surface area contributed by atoms with E-state index in [1.165, 1.54) is 20.1 Å². The summed E-state index contributed by atoms with van der Waals surface area (Å²) >= 11 is 0. The van der Waals surface area contributed by atoms with E-state index in [-0.39, 0.29) is 17.3 Å². The Labute approximate surface area is 159 Å². The molecule has 2 aromatic carbocycles. The zero-order chi connectivity index (χ0) is 20.0. The van der Waals surface area contributed by atoms with Crippen LogP contribution < -0.4 is 5.32 Å². The minimum Gasteiger partial charge on any atom is -0.468 e. The summed E-state index contributed by atoms with van der Waals surface area (Å²) in [6.45, 7) is 2.59. The number of ether oxygens (including phenoxy) is 1. The summed E-state index contributed by atoms with van der Waals surface area (Å²) in [5.41, 5.74) is 1.61. The Bertz CT molecular complexity index is 926. The summed E-state index contributed by atoms with van der Waals surface area (Å²) in [5, 5.41) is 2.57. The normalized spacial score (nSPS) is 11.3. The molecule has 8 heteroatoms. The third-order valence-corrected chi connectivity index (χ3v) is 5.79. The summed E-state index contributed by atoms with van der Waals surface area (Å²) in [6.07, 6.45) is 0. The van der Waals surface area contributed by atoms with Crippen molar-refractivity contribution in [1.82, 2.24) is 4.31 Å². The van der Waals surface area contributed by atoms with Crippen molar-refractivity contribution in [2.75, 3.05) is 19.0 Å². The number of carbonyl (C=O) groups excluding carboxylic acids is 2. The summed E-state index contributed by atoms with van der Waals surface area (Å²) in [7, 11) is -2.81. The molecule has 0 bridgehead atoms. The molecular formula is C19H22N2O5S. The van der Waals surface area contributed by atoms with E-state index in [1.54, 1.807) is 43.3 Å². The minimum atomic E-state index is -4.01. The molecule has 2 rings (SSSR count). The van der Waals surface area contributed by atoms with E-state index in [2.05, 4.69) is 10.1 Å². The van der Waals surface area contributed by atoms with Crippen LogP contribution in [0.1, 0.15) is 18.1 Å². The van der Waals surface area contributed by atoms with Gasteiger partial charge in [-0.05, 0) is 30.2 Å². The van der Waals surface area contributed by atoms with Gasteiger partial charge in [-0.25, -0.2) is 8.42 Å². The maximum atomic E-state index is 13.3. The van der Waals surface area contributed by atoms with Crippen LogP contribution in [-0.2, 0) is 30.9 Å². The number of amides is 1. The van der Waals surface area contributed by atoms with E-state index in [9.17, 15) is 18.0 Å². The first-order valence-electron chi connectivity index (χ1n) is 8.23. The fraction of sp³-hybridized carbons (Fsp3) is 0.263. The number of rotatable bonds is 7. The molecule has 2 aromatic rings. The molecule has 0 saturated heterocycles. The number of sulfonamides is 1. The zero-order valence-corrected chi connectivity index (χ0v) is 16.2. The zero-order valence-electron chi connectivity index (χ0n) is 15.4. The number of hydrogen-bond donors (Lipinski definition) is 1. The summed E-state index contributed by atoms with van der Waals surface area (Å²) in [5.74, 6) is -0.969. The summed E-state index contributed by atoms with van der Waals surface area (Å²) < 4.78 is 32.2. The second kappa shape index (κ2) is 8.79. The molecule has 0 atom stereocenters. The van der Waals surface area contributed by atoms with Crippen LogP contribution >= 0.6 is 0 Å². The van der Waals surface area contributed by atoms with E-state index < -0.39 is 22.5 Å². The van der Waals surface area contributed by atoms with Gasteiger partial charge in [-0.15, -0.1) is 0 Å². The molecule has 0 aliphatic carbocycles. The molecule has 0 heterocycles. The van der Waals surface area contributed by atoms with Crippen molar-refractivity contribution in [2.24, 2.45) is 0 Å². The predicted molar refractivity (Wildman–Crippen MR) is 102 cm³/mol. The molecule has 0 spiro atoms. The molecule has 1 N–H and O–H groups in total. The number of anilines is 1. The van der Waals surface area contributed by atoms with Gasteiger partial charge in [-0.2, -0.15) is 4.31 Å². The van der Waals surface area contributed by atoms with Gasteiger partial charge in [0, 0.05) is 19.2 Å². The molecule has 144 valence electrons. The van der Waals surface area contributed by atoms with E-state index in [4.69, 9.17) is 0 Å². The maximum Gasteiger partial charge on any atom is 0.321 e. The van der Waals surface area contributed by atoms with Crippen LogP contribution in [0.5, 0.6) is 0 Å². The first-order chi connectivity index (χ1) is 12.7. The predicted octanol–water partition coefficient (Wildman–Crippen LogP) is 2.32. The highest BCUT2D eigenvalue weighted by atomic mass is 32.2. The van der Waals surface area contributed by atoms with Crippen LogP contribution in [0.15, 0.2) is 53.4 Å². The van der Waals surface area contributed by atoms with Crippen molar-refractivity contribution >= 4 is 27.6 Å². The molecule has 27 heavy (non-hydrogen) atoms. The molecule has 7 nitrogen and oxygen atoms in total. The number of nitrogens with one attached hydrogen (secondary N) is 1. The van der Waals surface area contributed by atoms with Crippen molar-refractivity contribution in [3.8, 4) is 0 Å². The lowest BCUT2D eigenvalue weighted by molar-refractivity contribution is -0.140. The minimum absolute atomic E-state index is 0.0160. The molecule has 0 aliphatic heterocycles. The SMILES string of the molecule is COC(=O)CN(Cc1ccccc1)S(=O)(=O)c1cc(NC(C)=O)ccc1C. The molecule has 1 amide bonds. The van der Waals surface area contributed by atoms with Gasteiger partial charge in [-0.1, -0.05) is 36.4 Å². The molecule has 0 radical (unpaired) electrons. The number of nitrogens with zero attached hydrogens (tertiary/aromatic N) is 1. The summed E-state index contributed by atoms with van der Waals surface area (Å²) in [4.78, 5) is 23.1. The van der Waals surface area contributed by atoms with Gasteiger partial charge in [0.05, 0.1) is 12.0 Å². The smallest absolute Gasteiger partial charge is 0.321 e. The Morgan fingerprint density at radius 3 is 2.37 bits per heavy atom. The number of carbonyl (C=O) groups is 2. The highest BCUT2D eigenvalue weighted by Crippen LogP contribution is 2.25. The van der Waals surface area contributed by atoms with Gasteiger partial charge in [0.1, 0.15) is 6.54 Å². The average molecular weight is 390 g/mol. The second-order valence-corrected chi connectivity index (χ2v) is 7.90. The van der Waals surface area contributed by atoms with Gasteiger partial charge in [0.2, 0.25) is 15.9 Å². The van der Waals surface area contributed by atoms with Crippen molar-refractivity contribution in [3.63, 3.8) is 0 Å². The Hall–Kier alpha value is -2.71. The number of hydrogen-bond acceptors (Lipinski definition) is 5. The van der Waals surface area contributed by atoms with Crippen LogP contribution in [0.25, 0.3) is 0 Å². The van der Waals surface area contributed by atoms with E-state index >= 15 is 0 Å². The van der Waals surface area contributed by atoms with Crippen molar-refractivity contribution in [3.05, 3.63) is 59.7 Å². The monoisotopic (exact) mass is 390 g/mol. The lowest BCUT2D eigenvalue weighted by Gasteiger charge is -2.22. The highest BCUT2D eigenvalue weighted by molar-refractivity contribution is 7.89. The average Bonchev–Trinajstić information content (AvgIpc) is 2.63. The molecular weight excluding hydrogens is 368 g/mol. The third kappa shape index (κ3) is 5.38. The Morgan fingerprint density at radius 1 is 1.11 bits per heavy atom. The molecule has 0 fully saturated rings. The topological polar surface area (TPSA) is 92.8 Å². The quantitative estimate of drug-likeness (QED) is 0.733. The van der Waals surface area contributed by atoms with Gasteiger partial charge in [0.25, 0.3) is 0 Å². The second-order valence-electron chi connectivity index (χ2n) is 6.00. The first-order valence-corrected chi connectivity index (χ1v) is 9.67. The lowest BCUT2D eigenvalue weighted by atomic mass is 10.2. The van der Waals surface area contributed by atoms with Gasteiger partial charge in [-0.3, -0.25) is 9.59 Å². The van der Waals surface area contributed by atoms with Gasteiger partial charge >= 0.3 is 5.97 Å².